The molecule has 1 amide bonds. The van der Waals surface area contributed by atoms with Gasteiger partial charge in [-0.15, -0.1) is 11.3 Å². The standard InChI is InChI=1S/C17H29N5O2S/c1-6-14-20-12(11-25-14)8-19-15(18-7-2)21-13-9-22(10-13)16(23)24-17(3,4)5/h11,13H,6-10H2,1-5H3,(H2,18,19,21). The molecule has 1 fully saturated rings. The molecule has 25 heavy (non-hydrogen) atoms. The van der Waals surface area contributed by atoms with Gasteiger partial charge in [-0.3, -0.25) is 0 Å². The number of carbonyl (C=O) groups is 1. The first kappa shape index (κ1) is 19.5. The summed E-state index contributed by atoms with van der Waals surface area (Å²) in [6, 6.07) is 0.187. The summed E-state index contributed by atoms with van der Waals surface area (Å²) in [6.07, 6.45) is 0.692. The number of rotatable bonds is 5. The second-order valence-corrected chi connectivity index (χ2v) is 7.95. The summed E-state index contributed by atoms with van der Waals surface area (Å²) >= 11 is 1.67. The molecule has 0 aliphatic carbocycles. The van der Waals surface area contributed by atoms with Gasteiger partial charge in [-0.05, 0) is 34.1 Å². The first-order chi connectivity index (χ1) is 11.8. The summed E-state index contributed by atoms with van der Waals surface area (Å²) in [6.45, 7) is 12.3. The van der Waals surface area contributed by atoms with Gasteiger partial charge in [0.05, 0.1) is 23.3 Å². The molecule has 0 atom stereocenters. The molecule has 0 aromatic carbocycles. The number of aromatic nitrogens is 1. The van der Waals surface area contributed by atoms with Crippen molar-refractivity contribution in [3.05, 3.63) is 16.1 Å². The van der Waals surface area contributed by atoms with E-state index < -0.39 is 5.60 Å². The number of ether oxygens (including phenoxy) is 1. The van der Waals surface area contributed by atoms with Crippen molar-refractivity contribution in [2.75, 3.05) is 19.6 Å². The normalized spacial score (nSPS) is 15.7. The summed E-state index contributed by atoms with van der Waals surface area (Å²) < 4.78 is 5.37. The summed E-state index contributed by atoms with van der Waals surface area (Å²) in [7, 11) is 0. The Labute approximate surface area is 153 Å². The van der Waals surface area contributed by atoms with E-state index in [9.17, 15) is 4.79 Å². The minimum atomic E-state index is -0.461. The van der Waals surface area contributed by atoms with Crippen LogP contribution < -0.4 is 10.6 Å². The van der Waals surface area contributed by atoms with Crippen LogP contribution in [0.2, 0.25) is 0 Å². The van der Waals surface area contributed by atoms with Gasteiger partial charge in [0.2, 0.25) is 0 Å². The van der Waals surface area contributed by atoms with Crippen molar-refractivity contribution in [3.63, 3.8) is 0 Å². The Balaban J connectivity index is 1.82. The zero-order valence-corrected chi connectivity index (χ0v) is 16.6. The molecule has 1 saturated heterocycles. The molecule has 7 nitrogen and oxygen atoms in total. The van der Waals surface area contributed by atoms with E-state index in [1.807, 2.05) is 27.7 Å². The minimum Gasteiger partial charge on any atom is -0.444 e. The Morgan fingerprint density at radius 1 is 1.44 bits per heavy atom. The molecule has 1 aliphatic heterocycles. The summed E-state index contributed by atoms with van der Waals surface area (Å²) in [4.78, 5) is 22.8. The second kappa shape index (κ2) is 8.51. The smallest absolute Gasteiger partial charge is 0.410 e. The number of carbonyl (C=O) groups excluding carboxylic acids is 1. The number of nitrogens with zero attached hydrogens (tertiary/aromatic N) is 3. The number of hydrogen-bond acceptors (Lipinski definition) is 5. The van der Waals surface area contributed by atoms with Crippen LogP contribution in [-0.2, 0) is 17.7 Å². The fraction of sp³-hybridized carbons (Fsp3) is 0.706. The molecule has 1 aromatic heterocycles. The van der Waals surface area contributed by atoms with E-state index >= 15 is 0 Å². The predicted molar refractivity (Wildman–Crippen MR) is 101 cm³/mol. The fourth-order valence-corrected chi connectivity index (χ4v) is 3.04. The van der Waals surface area contributed by atoms with Gasteiger partial charge in [-0.2, -0.15) is 0 Å². The van der Waals surface area contributed by atoms with Gasteiger partial charge in [-0.25, -0.2) is 14.8 Å². The van der Waals surface area contributed by atoms with Crippen LogP contribution in [-0.4, -0.2) is 53.2 Å². The average molecular weight is 368 g/mol. The number of nitrogens with one attached hydrogen (secondary N) is 2. The minimum absolute atomic E-state index is 0.187. The van der Waals surface area contributed by atoms with Crippen molar-refractivity contribution in [2.24, 2.45) is 4.99 Å². The third-order valence-corrected chi connectivity index (χ3v) is 4.56. The predicted octanol–water partition coefficient (Wildman–Crippen LogP) is 2.38. The van der Waals surface area contributed by atoms with Crippen LogP contribution in [0.4, 0.5) is 4.79 Å². The highest BCUT2D eigenvalue weighted by molar-refractivity contribution is 7.09. The Morgan fingerprint density at radius 3 is 2.72 bits per heavy atom. The molecule has 2 heterocycles. The van der Waals surface area contributed by atoms with Gasteiger partial charge in [0.25, 0.3) is 0 Å². The lowest BCUT2D eigenvalue weighted by Gasteiger charge is -2.40. The molecule has 8 heteroatoms. The highest BCUT2D eigenvalue weighted by Crippen LogP contribution is 2.15. The van der Waals surface area contributed by atoms with E-state index in [1.54, 1.807) is 16.2 Å². The number of thiazole rings is 1. The van der Waals surface area contributed by atoms with Gasteiger partial charge in [0, 0.05) is 25.0 Å². The maximum absolute atomic E-state index is 12.0. The first-order valence-electron chi connectivity index (χ1n) is 8.76. The molecule has 0 radical (unpaired) electrons. The van der Waals surface area contributed by atoms with Crippen molar-refractivity contribution in [1.82, 2.24) is 20.5 Å². The van der Waals surface area contributed by atoms with E-state index in [0.717, 1.165) is 29.6 Å². The third-order valence-electron chi connectivity index (χ3n) is 3.52. The molecule has 140 valence electrons. The van der Waals surface area contributed by atoms with Crippen molar-refractivity contribution in [1.29, 1.82) is 0 Å². The molecule has 1 aliphatic rings. The molecule has 0 unspecified atom stereocenters. The van der Waals surface area contributed by atoms with Crippen molar-refractivity contribution < 1.29 is 9.53 Å². The molecule has 2 rings (SSSR count). The third kappa shape index (κ3) is 6.19. The number of guanidine groups is 1. The zero-order chi connectivity index (χ0) is 18.4. The van der Waals surface area contributed by atoms with E-state index in [4.69, 9.17) is 4.74 Å². The molecule has 0 spiro atoms. The van der Waals surface area contributed by atoms with Crippen LogP contribution in [0.3, 0.4) is 0 Å². The van der Waals surface area contributed by atoms with E-state index in [2.05, 4.69) is 32.9 Å². The van der Waals surface area contributed by atoms with Crippen LogP contribution in [0.25, 0.3) is 0 Å². The zero-order valence-electron chi connectivity index (χ0n) is 15.8. The van der Waals surface area contributed by atoms with Crippen LogP contribution in [0.15, 0.2) is 10.4 Å². The van der Waals surface area contributed by atoms with E-state index in [0.29, 0.717) is 19.6 Å². The summed E-state index contributed by atoms with van der Waals surface area (Å²) in [5.74, 6) is 0.752. The lowest BCUT2D eigenvalue weighted by molar-refractivity contribution is 0.00701. The average Bonchev–Trinajstić information content (AvgIpc) is 2.93. The van der Waals surface area contributed by atoms with Crippen LogP contribution >= 0.6 is 11.3 Å². The van der Waals surface area contributed by atoms with Gasteiger partial charge >= 0.3 is 6.09 Å². The van der Waals surface area contributed by atoms with Gasteiger partial charge in [-0.1, -0.05) is 6.92 Å². The number of hydrogen-bond donors (Lipinski definition) is 2. The SMILES string of the molecule is CCNC(=NCc1csc(CC)n1)NC1CN(C(=O)OC(C)(C)C)C1. The Kier molecular flexibility index (Phi) is 6.64. The fourth-order valence-electron chi connectivity index (χ4n) is 2.30. The van der Waals surface area contributed by atoms with Crippen LogP contribution in [0.1, 0.15) is 45.3 Å². The maximum atomic E-state index is 12.0. The Bertz CT molecular complexity index is 602. The highest BCUT2D eigenvalue weighted by Gasteiger charge is 2.34. The Hall–Kier alpha value is -1.83. The van der Waals surface area contributed by atoms with Gasteiger partial charge in [0.15, 0.2) is 5.96 Å². The molecule has 1 aromatic rings. The van der Waals surface area contributed by atoms with Crippen molar-refractivity contribution in [2.45, 2.75) is 59.2 Å². The Morgan fingerprint density at radius 2 is 2.16 bits per heavy atom. The number of aryl methyl sites for hydroxylation is 1. The highest BCUT2D eigenvalue weighted by atomic mass is 32.1. The van der Waals surface area contributed by atoms with Gasteiger partial charge in [0.1, 0.15) is 5.60 Å². The van der Waals surface area contributed by atoms with Crippen LogP contribution in [0, 0.1) is 0 Å². The van der Waals surface area contributed by atoms with E-state index in [1.165, 1.54) is 0 Å². The molecule has 2 N–H and O–H groups in total. The topological polar surface area (TPSA) is 78.9 Å². The lowest BCUT2D eigenvalue weighted by atomic mass is 10.1. The molecular weight excluding hydrogens is 338 g/mol. The molecule has 0 bridgehead atoms. The molecular formula is C17H29N5O2S. The van der Waals surface area contributed by atoms with Gasteiger partial charge < -0.3 is 20.3 Å². The van der Waals surface area contributed by atoms with Crippen molar-refractivity contribution in [3.8, 4) is 0 Å². The summed E-state index contributed by atoms with van der Waals surface area (Å²) in [5.41, 5.74) is 0.527. The molecule has 0 saturated carbocycles. The second-order valence-electron chi connectivity index (χ2n) is 7.01. The number of likely N-dealkylation sites (tertiary alicyclic amines) is 1. The monoisotopic (exact) mass is 367 g/mol. The first-order valence-corrected chi connectivity index (χ1v) is 9.64. The summed E-state index contributed by atoms with van der Waals surface area (Å²) in [5, 5.41) is 9.78. The lowest BCUT2D eigenvalue weighted by Crippen LogP contribution is -2.63. The largest absolute Gasteiger partial charge is 0.444 e. The van der Waals surface area contributed by atoms with E-state index in [-0.39, 0.29) is 12.1 Å². The number of aliphatic imine (C=N–C) groups is 1. The van der Waals surface area contributed by atoms with Crippen LogP contribution in [0.5, 0.6) is 0 Å². The maximum Gasteiger partial charge on any atom is 0.410 e. The number of amides is 1. The van der Waals surface area contributed by atoms with Crippen molar-refractivity contribution >= 4 is 23.4 Å². The quantitative estimate of drug-likeness (QED) is 0.617.